The van der Waals surface area contributed by atoms with Gasteiger partial charge in [0, 0.05) is 12.6 Å². The minimum Gasteiger partial charge on any atom is -0.493 e. The van der Waals surface area contributed by atoms with Crippen LogP contribution >= 0.6 is 24.0 Å². The fraction of sp³-hybridized carbons (Fsp3) is 0.588. The van der Waals surface area contributed by atoms with Crippen molar-refractivity contribution < 1.29 is 9.47 Å². The number of hydrogen-bond acceptors (Lipinski definition) is 3. The third-order valence-electron chi connectivity index (χ3n) is 3.91. The summed E-state index contributed by atoms with van der Waals surface area (Å²) in [6, 6.07) is 6.47. The molecule has 1 aliphatic rings. The molecule has 2 N–H and O–H groups in total. The summed E-state index contributed by atoms with van der Waals surface area (Å²) in [5.74, 6) is 2.37. The van der Waals surface area contributed by atoms with Crippen LogP contribution < -0.4 is 20.1 Å². The van der Waals surface area contributed by atoms with Gasteiger partial charge >= 0.3 is 0 Å². The quantitative estimate of drug-likeness (QED) is 0.411. The van der Waals surface area contributed by atoms with Crippen molar-refractivity contribution in [1.82, 2.24) is 10.6 Å². The van der Waals surface area contributed by atoms with E-state index in [0.717, 1.165) is 29.6 Å². The SMILES string of the molecule is CCNC(=NCc1ccc(OC)c(OC)c1)NC1CCCC1.I. The van der Waals surface area contributed by atoms with Crippen LogP contribution in [0.4, 0.5) is 0 Å². The molecule has 0 heterocycles. The van der Waals surface area contributed by atoms with E-state index in [1.54, 1.807) is 14.2 Å². The van der Waals surface area contributed by atoms with Crippen molar-refractivity contribution in [2.45, 2.75) is 45.2 Å². The summed E-state index contributed by atoms with van der Waals surface area (Å²) in [5.41, 5.74) is 1.10. The van der Waals surface area contributed by atoms with E-state index >= 15 is 0 Å². The van der Waals surface area contributed by atoms with Crippen molar-refractivity contribution in [2.75, 3.05) is 20.8 Å². The van der Waals surface area contributed by atoms with Crippen LogP contribution in [0.5, 0.6) is 11.5 Å². The lowest BCUT2D eigenvalue weighted by atomic mass is 10.2. The molecule has 1 aromatic rings. The molecule has 0 bridgehead atoms. The molecule has 5 nitrogen and oxygen atoms in total. The molecule has 1 saturated carbocycles. The number of ether oxygens (including phenoxy) is 2. The predicted octanol–water partition coefficient (Wildman–Crippen LogP) is 3.32. The zero-order chi connectivity index (χ0) is 15.8. The van der Waals surface area contributed by atoms with Gasteiger partial charge in [0.1, 0.15) is 0 Å². The first-order valence-corrected chi connectivity index (χ1v) is 8.02. The number of halogens is 1. The lowest BCUT2D eigenvalue weighted by Crippen LogP contribution is -2.42. The van der Waals surface area contributed by atoms with Gasteiger partial charge in [-0.05, 0) is 37.5 Å². The summed E-state index contributed by atoms with van der Waals surface area (Å²) in [5, 5.41) is 6.84. The lowest BCUT2D eigenvalue weighted by Gasteiger charge is -2.16. The molecule has 0 spiro atoms. The maximum Gasteiger partial charge on any atom is 0.191 e. The maximum atomic E-state index is 5.33. The van der Waals surface area contributed by atoms with E-state index in [0.29, 0.717) is 12.6 Å². The van der Waals surface area contributed by atoms with Crippen molar-refractivity contribution >= 4 is 29.9 Å². The van der Waals surface area contributed by atoms with E-state index in [9.17, 15) is 0 Å². The average Bonchev–Trinajstić information content (AvgIpc) is 3.05. The molecule has 0 atom stereocenters. The Kier molecular flexibility index (Phi) is 9.13. The molecule has 23 heavy (non-hydrogen) atoms. The number of benzene rings is 1. The van der Waals surface area contributed by atoms with E-state index in [4.69, 9.17) is 9.47 Å². The van der Waals surface area contributed by atoms with Crippen molar-refractivity contribution in [2.24, 2.45) is 4.99 Å². The van der Waals surface area contributed by atoms with Gasteiger partial charge < -0.3 is 20.1 Å². The minimum absolute atomic E-state index is 0. The first kappa shape index (κ1) is 19.9. The van der Waals surface area contributed by atoms with E-state index < -0.39 is 0 Å². The number of nitrogens with zero attached hydrogens (tertiary/aromatic N) is 1. The number of aliphatic imine (C=N–C) groups is 1. The van der Waals surface area contributed by atoms with Crippen LogP contribution in [0, 0.1) is 0 Å². The van der Waals surface area contributed by atoms with Crippen molar-refractivity contribution in [3.63, 3.8) is 0 Å². The summed E-state index contributed by atoms with van der Waals surface area (Å²) < 4.78 is 10.6. The fourth-order valence-corrected chi connectivity index (χ4v) is 2.73. The highest BCUT2D eigenvalue weighted by molar-refractivity contribution is 14.0. The van der Waals surface area contributed by atoms with Gasteiger partial charge in [-0.25, -0.2) is 4.99 Å². The average molecular weight is 433 g/mol. The van der Waals surface area contributed by atoms with Gasteiger partial charge in [-0.15, -0.1) is 24.0 Å². The van der Waals surface area contributed by atoms with Crippen LogP contribution in [0.15, 0.2) is 23.2 Å². The molecule has 0 aromatic heterocycles. The van der Waals surface area contributed by atoms with Crippen molar-refractivity contribution in [3.05, 3.63) is 23.8 Å². The normalized spacial score (nSPS) is 15.0. The first-order chi connectivity index (χ1) is 10.8. The zero-order valence-electron chi connectivity index (χ0n) is 14.2. The number of hydrogen-bond donors (Lipinski definition) is 2. The van der Waals surface area contributed by atoms with Gasteiger partial charge in [0.2, 0.25) is 0 Å². The second kappa shape index (κ2) is 10.6. The zero-order valence-corrected chi connectivity index (χ0v) is 16.6. The molecule has 0 radical (unpaired) electrons. The largest absolute Gasteiger partial charge is 0.493 e. The third kappa shape index (κ3) is 6.08. The highest BCUT2D eigenvalue weighted by atomic mass is 127. The Morgan fingerprint density at radius 1 is 1.17 bits per heavy atom. The fourth-order valence-electron chi connectivity index (χ4n) is 2.73. The van der Waals surface area contributed by atoms with Gasteiger partial charge in [-0.1, -0.05) is 18.9 Å². The number of rotatable bonds is 6. The van der Waals surface area contributed by atoms with Crippen LogP contribution in [0.3, 0.4) is 0 Å². The molecule has 1 fully saturated rings. The number of guanidine groups is 1. The second-order valence-electron chi connectivity index (χ2n) is 5.51. The highest BCUT2D eigenvalue weighted by Gasteiger charge is 2.15. The summed E-state index contributed by atoms with van der Waals surface area (Å²) in [6.45, 7) is 3.56. The molecule has 0 unspecified atom stereocenters. The number of methoxy groups -OCH3 is 2. The van der Waals surface area contributed by atoms with Crippen LogP contribution in [0.2, 0.25) is 0 Å². The van der Waals surface area contributed by atoms with Gasteiger partial charge in [0.05, 0.1) is 20.8 Å². The third-order valence-corrected chi connectivity index (χ3v) is 3.91. The Bertz CT molecular complexity index is 503. The Hall–Kier alpha value is -1.18. The molecule has 0 aliphatic heterocycles. The van der Waals surface area contributed by atoms with Gasteiger partial charge in [-0.2, -0.15) is 0 Å². The Balaban J connectivity index is 0.00000264. The molecule has 6 heteroatoms. The standard InChI is InChI=1S/C17H27N3O2.HI/c1-4-18-17(20-14-7-5-6-8-14)19-12-13-9-10-15(21-2)16(11-13)22-3;/h9-11,14H,4-8,12H2,1-3H3,(H2,18,19,20);1H. The van der Waals surface area contributed by atoms with E-state index in [-0.39, 0.29) is 24.0 Å². The Labute approximate surface area is 156 Å². The molecule has 0 saturated heterocycles. The predicted molar refractivity (Wildman–Crippen MR) is 105 cm³/mol. The van der Waals surface area contributed by atoms with Gasteiger partial charge in [-0.3, -0.25) is 0 Å². The second-order valence-corrected chi connectivity index (χ2v) is 5.51. The lowest BCUT2D eigenvalue weighted by molar-refractivity contribution is 0.354. The summed E-state index contributed by atoms with van der Waals surface area (Å²) in [4.78, 5) is 4.68. The van der Waals surface area contributed by atoms with Crippen LogP contribution in [0.1, 0.15) is 38.2 Å². The smallest absolute Gasteiger partial charge is 0.191 e. The molecule has 1 aliphatic carbocycles. The molecule has 2 rings (SSSR count). The molecular weight excluding hydrogens is 405 g/mol. The monoisotopic (exact) mass is 433 g/mol. The van der Waals surface area contributed by atoms with Crippen molar-refractivity contribution in [1.29, 1.82) is 0 Å². The van der Waals surface area contributed by atoms with E-state index in [1.165, 1.54) is 25.7 Å². The van der Waals surface area contributed by atoms with Crippen LogP contribution in [-0.2, 0) is 6.54 Å². The first-order valence-electron chi connectivity index (χ1n) is 8.02. The maximum absolute atomic E-state index is 5.33. The molecule has 1 aromatic carbocycles. The Morgan fingerprint density at radius 2 is 1.87 bits per heavy atom. The summed E-state index contributed by atoms with van der Waals surface area (Å²) in [6.07, 6.45) is 5.10. The Morgan fingerprint density at radius 3 is 2.48 bits per heavy atom. The summed E-state index contributed by atoms with van der Waals surface area (Å²) >= 11 is 0. The number of nitrogens with one attached hydrogen (secondary N) is 2. The van der Waals surface area contributed by atoms with Crippen LogP contribution in [-0.4, -0.2) is 32.8 Å². The van der Waals surface area contributed by atoms with Crippen LogP contribution in [0.25, 0.3) is 0 Å². The highest BCUT2D eigenvalue weighted by Crippen LogP contribution is 2.27. The molecule has 0 amide bonds. The summed E-state index contributed by atoms with van der Waals surface area (Å²) in [7, 11) is 3.29. The van der Waals surface area contributed by atoms with Gasteiger partial charge in [0.25, 0.3) is 0 Å². The van der Waals surface area contributed by atoms with Crippen molar-refractivity contribution in [3.8, 4) is 11.5 Å². The van der Waals surface area contributed by atoms with Gasteiger partial charge in [0.15, 0.2) is 17.5 Å². The molecule has 130 valence electrons. The van der Waals surface area contributed by atoms with E-state index in [1.807, 2.05) is 18.2 Å². The molecular formula is C17H28IN3O2. The van der Waals surface area contributed by atoms with E-state index in [2.05, 4.69) is 22.5 Å². The topological polar surface area (TPSA) is 54.9 Å². The minimum atomic E-state index is 0.